The molecule has 0 amide bonds. The van der Waals surface area contributed by atoms with Crippen molar-refractivity contribution in [3.05, 3.63) is 0 Å². The Morgan fingerprint density at radius 3 is 1.25 bits per heavy atom. The van der Waals surface area contributed by atoms with Crippen molar-refractivity contribution in [1.82, 2.24) is 0 Å². The van der Waals surface area contributed by atoms with Gasteiger partial charge in [-0.1, -0.05) is 0 Å². The van der Waals surface area contributed by atoms with Gasteiger partial charge in [0.1, 0.15) is 0 Å². The van der Waals surface area contributed by atoms with Crippen LogP contribution >= 0.6 is 12.4 Å². The third kappa shape index (κ3) is 9.52. The SMILES string of the molecule is Cl.O=C(O)C(=O)O.[H-].[Na+]. The Kier molecular flexibility index (Phi) is 14.2. The average Bonchev–Trinajstić information content (AvgIpc) is 1.36. The molecule has 0 radical (unpaired) electrons. The first-order valence-corrected chi connectivity index (χ1v) is 1.11. The Labute approximate surface area is 75.1 Å². The first-order chi connectivity index (χ1) is 2.64. The van der Waals surface area contributed by atoms with Crippen molar-refractivity contribution in [3.8, 4) is 0 Å². The van der Waals surface area contributed by atoms with Crippen LogP contribution in [-0.2, 0) is 9.59 Å². The summed E-state index contributed by atoms with van der Waals surface area (Å²) < 4.78 is 0. The summed E-state index contributed by atoms with van der Waals surface area (Å²) in [5.41, 5.74) is 0. The summed E-state index contributed by atoms with van der Waals surface area (Å²) in [6.07, 6.45) is 0. The van der Waals surface area contributed by atoms with E-state index in [1.165, 1.54) is 0 Å². The largest absolute Gasteiger partial charge is 1.00 e. The molecule has 44 valence electrons. The predicted molar refractivity (Wildman–Crippen MR) is 23.6 cm³/mol. The minimum Gasteiger partial charge on any atom is -1.00 e. The fourth-order valence-corrected chi connectivity index (χ4v) is 0. The minimum atomic E-state index is -1.82. The first kappa shape index (κ1) is 15.7. The van der Waals surface area contributed by atoms with Gasteiger partial charge in [-0.15, -0.1) is 12.4 Å². The van der Waals surface area contributed by atoms with Crippen molar-refractivity contribution >= 4 is 24.3 Å². The van der Waals surface area contributed by atoms with Gasteiger partial charge in [0.15, 0.2) is 0 Å². The summed E-state index contributed by atoms with van der Waals surface area (Å²) in [5.74, 6) is -3.65. The summed E-state index contributed by atoms with van der Waals surface area (Å²) in [4.78, 5) is 18.2. The van der Waals surface area contributed by atoms with Gasteiger partial charge in [-0.25, -0.2) is 9.59 Å². The molecule has 0 spiro atoms. The van der Waals surface area contributed by atoms with Crippen molar-refractivity contribution in [2.45, 2.75) is 0 Å². The number of halogens is 1. The van der Waals surface area contributed by atoms with Crippen LogP contribution in [0.3, 0.4) is 0 Å². The van der Waals surface area contributed by atoms with Crippen LogP contribution in [0, 0.1) is 0 Å². The van der Waals surface area contributed by atoms with Gasteiger partial charge in [0, 0.05) is 0 Å². The molecular formula is C2H4ClNaO4. The van der Waals surface area contributed by atoms with E-state index in [-0.39, 0.29) is 43.4 Å². The predicted octanol–water partition coefficient (Wildman–Crippen LogP) is -3.31. The Morgan fingerprint density at radius 1 is 1.12 bits per heavy atom. The zero-order valence-electron chi connectivity index (χ0n) is 5.12. The van der Waals surface area contributed by atoms with Gasteiger partial charge in [-0.2, -0.15) is 0 Å². The van der Waals surface area contributed by atoms with Crippen LogP contribution in [0.25, 0.3) is 0 Å². The number of carboxylic acid groups (broad SMARTS) is 2. The van der Waals surface area contributed by atoms with Crippen molar-refractivity contribution in [1.29, 1.82) is 0 Å². The molecule has 0 fully saturated rings. The molecule has 6 heteroatoms. The number of hydrogen-bond acceptors (Lipinski definition) is 2. The van der Waals surface area contributed by atoms with Crippen LogP contribution in [0.2, 0.25) is 0 Å². The molecule has 0 atom stereocenters. The molecule has 0 aromatic rings. The number of hydrogen-bond donors (Lipinski definition) is 2. The van der Waals surface area contributed by atoms with Crippen molar-refractivity contribution < 1.29 is 50.8 Å². The topological polar surface area (TPSA) is 74.6 Å². The molecule has 0 aliphatic rings. The van der Waals surface area contributed by atoms with Crippen LogP contribution in [0.4, 0.5) is 0 Å². The molecule has 2 N–H and O–H groups in total. The number of carboxylic acids is 2. The third-order valence-corrected chi connectivity index (χ3v) is 0.183. The van der Waals surface area contributed by atoms with Gasteiger partial charge in [-0.3, -0.25) is 0 Å². The van der Waals surface area contributed by atoms with E-state index in [2.05, 4.69) is 0 Å². The molecule has 0 aliphatic heterocycles. The van der Waals surface area contributed by atoms with Gasteiger partial charge in [0.2, 0.25) is 0 Å². The van der Waals surface area contributed by atoms with E-state index in [0.717, 1.165) is 0 Å². The summed E-state index contributed by atoms with van der Waals surface area (Å²) in [7, 11) is 0. The number of carbonyl (C=O) groups is 2. The molecule has 0 unspecified atom stereocenters. The normalized spacial score (nSPS) is 5.50. The van der Waals surface area contributed by atoms with Gasteiger partial charge in [0.05, 0.1) is 0 Å². The summed E-state index contributed by atoms with van der Waals surface area (Å²) in [6, 6.07) is 0. The van der Waals surface area contributed by atoms with Crippen LogP contribution < -0.4 is 29.6 Å². The van der Waals surface area contributed by atoms with Crippen LogP contribution in [-0.4, -0.2) is 22.2 Å². The molecule has 0 aromatic heterocycles. The van der Waals surface area contributed by atoms with Gasteiger partial charge < -0.3 is 11.6 Å². The van der Waals surface area contributed by atoms with E-state index in [1.807, 2.05) is 0 Å². The monoisotopic (exact) mass is 150 g/mol. The molecule has 8 heavy (non-hydrogen) atoms. The zero-order chi connectivity index (χ0) is 5.15. The Bertz CT molecular complexity index is 84.6. The van der Waals surface area contributed by atoms with E-state index >= 15 is 0 Å². The van der Waals surface area contributed by atoms with Crippen molar-refractivity contribution in [3.63, 3.8) is 0 Å². The molecule has 4 nitrogen and oxygen atoms in total. The zero-order valence-corrected chi connectivity index (χ0v) is 6.94. The molecule has 0 aliphatic carbocycles. The Hall–Kier alpha value is 0.230. The van der Waals surface area contributed by atoms with Crippen molar-refractivity contribution in [2.75, 3.05) is 0 Å². The summed E-state index contributed by atoms with van der Waals surface area (Å²) in [6.45, 7) is 0. The molecule has 0 saturated carbocycles. The van der Waals surface area contributed by atoms with Gasteiger partial charge in [-0.05, 0) is 0 Å². The average molecular weight is 150 g/mol. The van der Waals surface area contributed by atoms with Gasteiger partial charge >= 0.3 is 41.5 Å². The fourth-order valence-electron chi connectivity index (χ4n) is 0. The maximum atomic E-state index is 9.10. The molecule has 0 aromatic carbocycles. The van der Waals surface area contributed by atoms with E-state index in [4.69, 9.17) is 19.8 Å². The third-order valence-electron chi connectivity index (χ3n) is 0.183. The summed E-state index contributed by atoms with van der Waals surface area (Å²) >= 11 is 0. The van der Waals surface area contributed by atoms with E-state index in [9.17, 15) is 0 Å². The summed E-state index contributed by atoms with van der Waals surface area (Å²) in [5, 5.41) is 14.8. The molecule has 0 saturated heterocycles. The standard InChI is InChI=1S/C2H2O4.ClH.Na.H/c3-1(4)2(5)6;;;/h(H,3,4)(H,5,6);1H;;/q;;+1;-1. The second-order valence-corrected chi connectivity index (χ2v) is 0.610. The molecule has 0 heterocycles. The number of rotatable bonds is 0. The maximum Gasteiger partial charge on any atom is 1.00 e. The Balaban J connectivity index is -0.0000000417. The molecular weight excluding hydrogens is 146 g/mol. The van der Waals surface area contributed by atoms with Crippen molar-refractivity contribution in [2.24, 2.45) is 0 Å². The van der Waals surface area contributed by atoms with Crippen LogP contribution in [0.15, 0.2) is 0 Å². The quantitative estimate of drug-likeness (QED) is 0.280. The smallest absolute Gasteiger partial charge is 1.00 e. The fraction of sp³-hybridized carbons (Fsp3) is 0. The second-order valence-electron chi connectivity index (χ2n) is 0.610. The second kappa shape index (κ2) is 7.23. The number of aliphatic carboxylic acids is 2. The molecule has 0 bridgehead atoms. The minimum absolute atomic E-state index is 0. The van der Waals surface area contributed by atoms with Gasteiger partial charge in [0.25, 0.3) is 0 Å². The maximum absolute atomic E-state index is 9.10. The van der Waals surface area contributed by atoms with E-state index < -0.39 is 11.9 Å². The molecule has 0 rings (SSSR count). The van der Waals surface area contributed by atoms with E-state index in [0.29, 0.717) is 0 Å². The first-order valence-electron chi connectivity index (χ1n) is 1.11. The van der Waals surface area contributed by atoms with Crippen LogP contribution in [0.5, 0.6) is 0 Å². The van der Waals surface area contributed by atoms with Crippen LogP contribution in [0.1, 0.15) is 1.43 Å². The Morgan fingerprint density at radius 2 is 1.25 bits per heavy atom. The van der Waals surface area contributed by atoms with E-state index in [1.54, 1.807) is 0 Å².